The molecule has 7 heteroatoms. The Labute approximate surface area is 109 Å². The first-order valence-electron chi connectivity index (χ1n) is 6.27. The van der Waals surface area contributed by atoms with Crippen molar-refractivity contribution in [3.63, 3.8) is 0 Å². The lowest BCUT2D eigenvalue weighted by Gasteiger charge is -2.03. The highest BCUT2D eigenvalue weighted by Crippen LogP contribution is 2.07. The van der Waals surface area contributed by atoms with Gasteiger partial charge in [-0.05, 0) is 13.5 Å². The summed E-state index contributed by atoms with van der Waals surface area (Å²) in [7, 11) is -1.55. The minimum Gasteiger partial charge on any atom is -0.318 e. The predicted octanol–water partition coefficient (Wildman–Crippen LogP) is 0.571. The Balaban J connectivity index is 2.53. The van der Waals surface area contributed by atoms with Crippen molar-refractivity contribution in [2.24, 2.45) is 0 Å². The van der Waals surface area contributed by atoms with Crippen LogP contribution in [0.3, 0.4) is 0 Å². The molecule has 0 amide bonds. The molecule has 6 nitrogen and oxygen atoms in total. The summed E-state index contributed by atoms with van der Waals surface area (Å²) in [6.45, 7) is 3.98. The molecule has 0 spiro atoms. The Morgan fingerprint density at radius 2 is 2.11 bits per heavy atom. The molecule has 0 aliphatic carbocycles. The second-order valence-electron chi connectivity index (χ2n) is 4.15. The van der Waals surface area contributed by atoms with Crippen molar-refractivity contribution < 1.29 is 8.42 Å². The molecule has 0 fully saturated rings. The number of unbranched alkanes of at least 4 members (excludes halogenated alkanes) is 2. The predicted molar refractivity (Wildman–Crippen MR) is 70.9 cm³/mol. The van der Waals surface area contributed by atoms with Crippen LogP contribution in [0.25, 0.3) is 0 Å². The molecule has 0 radical (unpaired) electrons. The molecule has 0 aromatic carbocycles. The molecule has 0 unspecified atom stereocenters. The monoisotopic (exact) mass is 274 g/mol. The minimum atomic E-state index is -3.40. The standard InChI is InChI=1S/C11H22N4O2S/c1-3-4-5-6-14-18(16,17)11-9-13-15(10-11)8-7-12-2/h9-10,12,14H,3-8H2,1-2H3. The van der Waals surface area contributed by atoms with Crippen molar-refractivity contribution in [1.29, 1.82) is 0 Å². The molecular weight excluding hydrogens is 252 g/mol. The van der Waals surface area contributed by atoms with Crippen LogP contribution in [0.5, 0.6) is 0 Å². The van der Waals surface area contributed by atoms with Gasteiger partial charge in [0.15, 0.2) is 0 Å². The quantitative estimate of drug-likeness (QED) is 0.646. The molecule has 1 aromatic rings. The summed E-state index contributed by atoms with van der Waals surface area (Å²) < 4.78 is 28.0. The van der Waals surface area contributed by atoms with E-state index in [0.717, 1.165) is 25.8 Å². The number of rotatable bonds is 9. The van der Waals surface area contributed by atoms with E-state index in [2.05, 4.69) is 22.1 Å². The van der Waals surface area contributed by atoms with E-state index in [1.54, 1.807) is 10.9 Å². The number of hydrogen-bond acceptors (Lipinski definition) is 4. The highest BCUT2D eigenvalue weighted by atomic mass is 32.2. The molecular formula is C11H22N4O2S. The van der Waals surface area contributed by atoms with Gasteiger partial charge in [0, 0.05) is 19.3 Å². The van der Waals surface area contributed by atoms with Gasteiger partial charge in [-0.15, -0.1) is 0 Å². The highest BCUT2D eigenvalue weighted by molar-refractivity contribution is 7.89. The van der Waals surface area contributed by atoms with Crippen LogP contribution in [0.1, 0.15) is 26.2 Å². The van der Waals surface area contributed by atoms with Gasteiger partial charge in [0.25, 0.3) is 0 Å². The van der Waals surface area contributed by atoms with Crippen molar-refractivity contribution in [3.8, 4) is 0 Å². The Hall–Kier alpha value is -0.920. The smallest absolute Gasteiger partial charge is 0.243 e. The van der Waals surface area contributed by atoms with Crippen LogP contribution in [0.2, 0.25) is 0 Å². The largest absolute Gasteiger partial charge is 0.318 e. The van der Waals surface area contributed by atoms with E-state index in [9.17, 15) is 8.42 Å². The first kappa shape index (κ1) is 15.1. The molecule has 0 saturated carbocycles. The molecule has 0 saturated heterocycles. The van der Waals surface area contributed by atoms with E-state index in [1.807, 2.05) is 7.05 Å². The van der Waals surface area contributed by atoms with Gasteiger partial charge in [0.05, 0.1) is 12.7 Å². The van der Waals surface area contributed by atoms with Gasteiger partial charge >= 0.3 is 0 Å². The third kappa shape index (κ3) is 4.75. The number of nitrogens with zero attached hydrogens (tertiary/aromatic N) is 2. The third-order valence-electron chi connectivity index (χ3n) is 2.58. The number of sulfonamides is 1. The maximum absolute atomic E-state index is 11.9. The maximum atomic E-state index is 11.9. The summed E-state index contributed by atoms with van der Waals surface area (Å²) in [6, 6.07) is 0. The Bertz CT molecular complexity index is 442. The average molecular weight is 274 g/mol. The normalized spacial score (nSPS) is 11.9. The van der Waals surface area contributed by atoms with E-state index < -0.39 is 10.0 Å². The molecule has 0 bridgehead atoms. The van der Waals surface area contributed by atoms with Gasteiger partial charge in [-0.25, -0.2) is 13.1 Å². The van der Waals surface area contributed by atoms with E-state index >= 15 is 0 Å². The van der Waals surface area contributed by atoms with E-state index in [4.69, 9.17) is 0 Å². The zero-order valence-corrected chi connectivity index (χ0v) is 11.8. The number of hydrogen-bond donors (Lipinski definition) is 2. The van der Waals surface area contributed by atoms with Gasteiger partial charge in [-0.1, -0.05) is 19.8 Å². The van der Waals surface area contributed by atoms with Crippen molar-refractivity contribution in [1.82, 2.24) is 19.8 Å². The topological polar surface area (TPSA) is 76.0 Å². The SMILES string of the molecule is CCCCCNS(=O)(=O)c1cnn(CCNC)c1. The van der Waals surface area contributed by atoms with Crippen LogP contribution < -0.4 is 10.0 Å². The summed E-state index contributed by atoms with van der Waals surface area (Å²) in [5.74, 6) is 0. The van der Waals surface area contributed by atoms with Gasteiger partial charge in [-0.2, -0.15) is 5.10 Å². The lowest BCUT2D eigenvalue weighted by atomic mass is 10.3. The third-order valence-corrected chi connectivity index (χ3v) is 4.00. The Morgan fingerprint density at radius 1 is 1.33 bits per heavy atom. The molecule has 0 atom stereocenters. The van der Waals surface area contributed by atoms with E-state index in [1.165, 1.54) is 6.20 Å². The van der Waals surface area contributed by atoms with Gasteiger partial charge in [0.2, 0.25) is 10.0 Å². The summed E-state index contributed by atoms with van der Waals surface area (Å²) in [6.07, 6.45) is 5.91. The summed E-state index contributed by atoms with van der Waals surface area (Å²) in [4.78, 5) is 0.232. The summed E-state index contributed by atoms with van der Waals surface area (Å²) >= 11 is 0. The van der Waals surface area contributed by atoms with Crippen LogP contribution in [0, 0.1) is 0 Å². The van der Waals surface area contributed by atoms with Crippen molar-refractivity contribution >= 4 is 10.0 Å². The molecule has 1 rings (SSSR count). The molecule has 18 heavy (non-hydrogen) atoms. The molecule has 104 valence electrons. The van der Waals surface area contributed by atoms with Crippen LogP contribution in [-0.2, 0) is 16.6 Å². The fourth-order valence-corrected chi connectivity index (χ4v) is 2.52. The Kier molecular flexibility index (Phi) is 6.31. The van der Waals surface area contributed by atoms with Gasteiger partial charge < -0.3 is 5.32 Å². The van der Waals surface area contributed by atoms with Crippen LogP contribution in [-0.4, -0.2) is 38.3 Å². The van der Waals surface area contributed by atoms with Crippen molar-refractivity contribution in [2.45, 2.75) is 37.6 Å². The van der Waals surface area contributed by atoms with Gasteiger partial charge in [-0.3, -0.25) is 4.68 Å². The number of aromatic nitrogens is 2. The fourth-order valence-electron chi connectivity index (χ4n) is 1.50. The number of nitrogens with one attached hydrogen (secondary N) is 2. The molecule has 1 aromatic heterocycles. The minimum absolute atomic E-state index is 0.232. The first-order chi connectivity index (χ1) is 8.60. The summed E-state index contributed by atoms with van der Waals surface area (Å²) in [5.41, 5.74) is 0. The molecule has 1 heterocycles. The van der Waals surface area contributed by atoms with Crippen molar-refractivity contribution in [2.75, 3.05) is 20.1 Å². The zero-order valence-electron chi connectivity index (χ0n) is 11.0. The lowest BCUT2D eigenvalue weighted by Crippen LogP contribution is -2.24. The zero-order chi connectivity index (χ0) is 13.4. The van der Waals surface area contributed by atoms with Crippen molar-refractivity contribution in [3.05, 3.63) is 12.4 Å². The fraction of sp³-hybridized carbons (Fsp3) is 0.727. The second-order valence-corrected chi connectivity index (χ2v) is 5.91. The molecule has 2 N–H and O–H groups in total. The summed E-state index contributed by atoms with van der Waals surface area (Å²) in [5, 5.41) is 7.01. The van der Waals surface area contributed by atoms with E-state index in [-0.39, 0.29) is 4.90 Å². The maximum Gasteiger partial charge on any atom is 0.243 e. The van der Waals surface area contributed by atoms with Crippen LogP contribution in [0.15, 0.2) is 17.3 Å². The molecule has 0 aliphatic heterocycles. The highest BCUT2D eigenvalue weighted by Gasteiger charge is 2.15. The van der Waals surface area contributed by atoms with Gasteiger partial charge in [0.1, 0.15) is 4.90 Å². The second kappa shape index (κ2) is 7.50. The number of likely N-dealkylation sites (N-methyl/N-ethyl adjacent to an activating group) is 1. The van der Waals surface area contributed by atoms with Crippen LogP contribution >= 0.6 is 0 Å². The first-order valence-corrected chi connectivity index (χ1v) is 7.75. The van der Waals surface area contributed by atoms with Crippen LogP contribution in [0.4, 0.5) is 0 Å². The molecule has 0 aliphatic rings. The Morgan fingerprint density at radius 3 is 2.78 bits per heavy atom. The van der Waals surface area contributed by atoms with E-state index in [0.29, 0.717) is 13.1 Å². The lowest BCUT2D eigenvalue weighted by molar-refractivity contribution is 0.572. The average Bonchev–Trinajstić information content (AvgIpc) is 2.81.